The zero-order chi connectivity index (χ0) is 9.97. The van der Waals surface area contributed by atoms with Crippen molar-refractivity contribution < 1.29 is 9.00 Å². The van der Waals surface area contributed by atoms with E-state index in [1.54, 1.807) is 15.8 Å². The molecule has 4 nitrogen and oxygen atoms in total. The van der Waals surface area contributed by atoms with Crippen molar-refractivity contribution >= 4 is 28.0 Å². The molecule has 1 saturated heterocycles. The van der Waals surface area contributed by atoms with Crippen molar-refractivity contribution in [2.24, 2.45) is 0 Å². The average molecular weight is 230 g/mol. The first kappa shape index (κ1) is 9.79. The van der Waals surface area contributed by atoms with Gasteiger partial charge in [0.05, 0.1) is 5.51 Å². The van der Waals surface area contributed by atoms with Crippen LogP contribution >= 0.6 is 11.3 Å². The SMILES string of the molecule is O=C(c1cscn1)N1CCS(=O)CC1. The highest BCUT2D eigenvalue weighted by Crippen LogP contribution is 2.08. The third-order valence-electron chi connectivity index (χ3n) is 2.12. The van der Waals surface area contributed by atoms with E-state index in [4.69, 9.17) is 0 Å². The molecule has 76 valence electrons. The number of carbonyl (C=O) groups is 1. The highest BCUT2D eigenvalue weighted by Gasteiger charge is 2.21. The molecule has 14 heavy (non-hydrogen) atoms. The Kier molecular flexibility index (Phi) is 2.93. The van der Waals surface area contributed by atoms with Crippen LogP contribution in [-0.2, 0) is 10.8 Å². The molecule has 0 aliphatic carbocycles. The molecular formula is C8H10N2O2S2. The summed E-state index contributed by atoms with van der Waals surface area (Å²) in [7, 11) is -0.736. The quantitative estimate of drug-likeness (QED) is 0.699. The molecule has 2 rings (SSSR count). The third-order valence-corrected chi connectivity index (χ3v) is 3.98. The molecule has 0 aromatic carbocycles. The average Bonchev–Trinajstić information content (AvgIpc) is 2.71. The molecule has 1 fully saturated rings. The number of hydrogen-bond donors (Lipinski definition) is 0. The second-order valence-electron chi connectivity index (χ2n) is 3.01. The van der Waals surface area contributed by atoms with Crippen LogP contribution in [0.1, 0.15) is 10.5 Å². The molecule has 0 bridgehead atoms. The van der Waals surface area contributed by atoms with Crippen LogP contribution in [0.4, 0.5) is 0 Å². The van der Waals surface area contributed by atoms with Gasteiger partial charge in [-0.05, 0) is 0 Å². The van der Waals surface area contributed by atoms with Gasteiger partial charge in [0.1, 0.15) is 5.69 Å². The van der Waals surface area contributed by atoms with Gasteiger partial charge in [-0.1, -0.05) is 0 Å². The van der Waals surface area contributed by atoms with E-state index >= 15 is 0 Å². The second kappa shape index (κ2) is 4.18. The Labute approximate surface area is 88.4 Å². The van der Waals surface area contributed by atoms with E-state index in [9.17, 15) is 9.00 Å². The molecule has 0 atom stereocenters. The summed E-state index contributed by atoms with van der Waals surface area (Å²) in [5.74, 6) is 1.15. The van der Waals surface area contributed by atoms with Crippen LogP contribution in [0.5, 0.6) is 0 Å². The summed E-state index contributed by atoms with van der Waals surface area (Å²) < 4.78 is 11.1. The number of hydrogen-bond acceptors (Lipinski definition) is 4. The summed E-state index contributed by atoms with van der Waals surface area (Å²) in [5, 5.41) is 1.74. The van der Waals surface area contributed by atoms with Crippen molar-refractivity contribution in [1.29, 1.82) is 0 Å². The molecule has 0 N–H and O–H groups in total. The summed E-state index contributed by atoms with van der Waals surface area (Å²) >= 11 is 1.41. The van der Waals surface area contributed by atoms with Gasteiger partial charge in [-0.3, -0.25) is 9.00 Å². The van der Waals surface area contributed by atoms with Gasteiger partial charge >= 0.3 is 0 Å². The first-order chi connectivity index (χ1) is 6.77. The maximum atomic E-state index is 11.7. The van der Waals surface area contributed by atoms with Crippen molar-refractivity contribution in [3.05, 3.63) is 16.6 Å². The number of aromatic nitrogens is 1. The van der Waals surface area contributed by atoms with E-state index in [0.29, 0.717) is 30.3 Å². The van der Waals surface area contributed by atoms with Gasteiger partial charge in [-0.15, -0.1) is 11.3 Å². The molecule has 0 unspecified atom stereocenters. The minimum Gasteiger partial charge on any atom is -0.335 e. The van der Waals surface area contributed by atoms with Gasteiger partial charge in [0.2, 0.25) is 0 Å². The smallest absolute Gasteiger partial charge is 0.273 e. The van der Waals surface area contributed by atoms with Crippen LogP contribution in [-0.4, -0.2) is 44.6 Å². The fourth-order valence-electron chi connectivity index (χ4n) is 1.32. The van der Waals surface area contributed by atoms with Crippen LogP contribution in [0.25, 0.3) is 0 Å². The standard InChI is InChI=1S/C8H10N2O2S2/c11-8(7-5-13-6-9-7)10-1-3-14(12)4-2-10/h5-6H,1-4H2. The lowest BCUT2D eigenvalue weighted by Gasteiger charge is -2.25. The number of carbonyl (C=O) groups excluding carboxylic acids is 1. The second-order valence-corrected chi connectivity index (χ2v) is 5.43. The van der Waals surface area contributed by atoms with Crippen LogP contribution in [0.2, 0.25) is 0 Å². The molecule has 6 heteroatoms. The Bertz CT molecular complexity index is 340. The van der Waals surface area contributed by atoms with E-state index in [0.717, 1.165) is 0 Å². The Balaban J connectivity index is 2.03. The van der Waals surface area contributed by atoms with Gasteiger partial charge < -0.3 is 4.90 Å². The molecule has 1 aromatic rings. The van der Waals surface area contributed by atoms with Crippen LogP contribution in [0.3, 0.4) is 0 Å². The Morgan fingerprint density at radius 2 is 2.21 bits per heavy atom. The van der Waals surface area contributed by atoms with Crippen molar-refractivity contribution in [3.8, 4) is 0 Å². The van der Waals surface area contributed by atoms with Crippen LogP contribution < -0.4 is 0 Å². The highest BCUT2D eigenvalue weighted by atomic mass is 32.2. The van der Waals surface area contributed by atoms with Crippen LogP contribution in [0.15, 0.2) is 10.9 Å². The van der Waals surface area contributed by atoms with E-state index in [1.165, 1.54) is 11.3 Å². The largest absolute Gasteiger partial charge is 0.335 e. The molecule has 1 aliphatic heterocycles. The Morgan fingerprint density at radius 1 is 1.50 bits per heavy atom. The highest BCUT2D eigenvalue weighted by molar-refractivity contribution is 7.85. The van der Waals surface area contributed by atoms with Crippen molar-refractivity contribution in [3.63, 3.8) is 0 Å². The molecule has 0 saturated carbocycles. The van der Waals surface area contributed by atoms with E-state index in [1.807, 2.05) is 0 Å². The lowest BCUT2D eigenvalue weighted by atomic mass is 10.4. The fourth-order valence-corrected chi connectivity index (χ4v) is 2.90. The van der Waals surface area contributed by atoms with Gasteiger partial charge in [0.25, 0.3) is 5.91 Å². The summed E-state index contributed by atoms with van der Waals surface area (Å²) in [6.07, 6.45) is 0. The van der Waals surface area contributed by atoms with Crippen molar-refractivity contribution in [2.75, 3.05) is 24.6 Å². The minimum atomic E-state index is -0.736. The molecular weight excluding hydrogens is 220 g/mol. The fraction of sp³-hybridized carbons (Fsp3) is 0.500. The molecule has 1 aromatic heterocycles. The normalized spacial score (nSPS) is 18.4. The molecule has 0 spiro atoms. The molecule has 0 radical (unpaired) electrons. The number of thiazole rings is 1. The number of rotatable bonds is 1. The van der Waals surface area contributed by atoms with Crippen LogP contribution in [0, 0.1) is 0 Å². The van der Waals surface area contributed by atoms with Crippen molar-refractivity contribution in [2.45, 2.75) is 0 Å². The van der Waals surface area contributed by atoms with E-state index in [-0.39, 0.29) is 5.91 Å². The summed E-state index contributed by atoms with van der Waals surface area (Å²) in [6.45, 7) is 1.17. The lowest BCUT2D eigenvalue weighted by Crippen LogP contribution is -2.41. The maximum absolute atomic E-state index is 11.7. The van der Waals surface area contributed by atoms with Gasteiger partial charge in [-0.2, -0.15) is 0 Å². The van der Waals surface area contributed by atoms with Gasteiger partial charge in [0, 0.05) is 40.8 Å². The summed E-state index contributed by atoms with van der Waals surface area (Å²) in [6, 6.07) is 0. The summed E-state index contributed by atoms with van der Waals surface area (Å²) in [5.41, 5.74) is 2.15. The maximum Gasteiger partial charge on any atom is 0.273 e. The summed E-state index contributed by atoms with van der Waals surface area (Å²) in [4.78, 5) is 17.4. The number of amides is 1. The topological polar surface area (TPSA) is 50.3 Å². The molecule has 1 aliphatic rings. The van der Waals surface area contributed by atoms with E-state index < -0.39 is 10.8 Å². The Hall–Kier alpha value is -0.750. The third kappa shape index (κ3) is 2.01. The van der Waals surface area contributed by atoms with E-state index in [2.05, 4.69) is 4.98 Å². The zero-order valence-electron chi connectivity index (χ0n) is 7.51. The Morgan fingerprint density at radius 3 is 2.79 bits per heavy atom. The first-order valence-electron chi connectivity index (χ1n) is 4.30. The predicted octanol–water partition coefficient (Wildman–Crippen LogP) is 0.348. The molecule has 2 heterocycles. The monoisotopic (exact) mass is 230 g/mol. The lowest BCUT2D eigenvalue weighted by molar-refractivity contribution is 0.0766. The predicted molar refractivity (Wildman–Crippen MR) is 55.9 cm³/mol. The van der Waals surface area contributed by atoms with Gasteiger partial charge in [-0.25, -0.2) is 4.98 Å². The first-order valence-corrected chi connectivity index (χ1v) is 6.73. The zero-order valence-corrected chi connectivity index (χ0v) is 9.14. The van der Waals surface area contributed by atoms with Crippen molar-refractivity contribution in [1.82, 2.24) is 9.88 Å². The number of nitrogens with zero attached hydrogens (tertiary/aromatic N) is 2. The molecule has 1 amide bonds. The minimum absolute atomic E-state index is 0.0389. The van der Waals surface area contributed by atoms with Gasteiger partial charge in [0.15, 0.2) is 0 Å².